The van der Waals surface area contributed by atoms with Gasteiger partial charge >= 0.3 is 0 Å². The highest BCUT2D eigenvalue weighted by Gasteiger charge is 2.11. The Morgan fingerprint density at radius 2 is 1.58 bits per heavy atom. The van der Waals surface area contributed by atoms with Crippen molar-refractivity contribution in [1.29, 1.82) is 0 Å². The summed E-state index contributed by atoms with van der Waals surface area (Å²) in [6.07, 6.45) is 0. The monoisotopic (exact) mass is 257 g/mol. The summed E-state index contributed by atoms with van der Waals surface area (Å²) in [5.74, 6) is 1.52. The summed E-state index contributed by atoms with van der Waals surface area (Å²) >= 11 is 0. The summed E-state index contributed by atoms with van der Waals surface area (Å²) in [4.78, 5) is 0. The van der Waals surface area contributed by atoms with Gasteiger partial charge in [0.15, 0.2) is 11.5 Å². The van der Waals surface area contributed by atoms with Crippen LogP contribution >= 0.6 is 0 Å². The molecular formula is C16H19NO2. The molecule has 2 rings (SSSR count). The maximum Gasteiger partial charge on any atom is 0.161 e. The number of rotatable bonds is 6. The van der Waals surface area contributed by atoms with E-state index in [9.17, 15) is 0 Å². The van der Waals surface area contributed by atoms with Gasteiger partial charge in [-0.1, -0.05) is 42.5 Å². The zero-order valence-corrected chi connectivity index (χ0v) is 11.3. The molecule has 0 radical (unpaired) electrons. The number of benzene rings is 2. The highest BCUT2D eigenvalue weighted by molar-refractivity contribution is 5.39. The molecule has 0 heterocycles. The van der Waals surface area contributed by atoms with Crippen molar-refractivity contribution in [1.82, 2.24) is 5.32 Å². The van der Waals surface area contributed by atoms with E-state index < -0.39 is 0 Å². The van der Waals surface area contributed by atoms with Crippen molar-refractivity contribution in [3.8, 4) is 11.5 Å². The lowest BCUT2D eigenvalue weighted by Crippen LogP contribution is -2.23. The second-order valence-electron chi connectivity index (χ2n) is 4.21. The average molecular weight is 257 g/mol. The predicted molar refractivity (Wildman–Crippen MR) is 76.7 cm³/mol. The molecule has 0 aromatic heterocycles. The van der Waals surface area contributed by atoms with E-state index in [1.807, 2.05) is 49.5 Å². The number of likely N-dealkylation sites (N-methyl/N-ethyl adjacent to an activating group) is 1. The van der Waals surface area contributed by atoms with Gasteiger partial charge in [0, 0.05) is 0 Å². The summed E-state index contributed by atoms with van der Waals surface area (Å²) in [6, 6.07) is 18.1. The zero-order chi connectivity index (χ0) is 13.5. The summed E-state index contributed by atoms with van der Waals surface area (Å²) in [5, 5.41) is 3.26. The van der Waals surface area contributed by atoms with Gasteiger partial charge in [0.25, 0.3) is 0 Å². The molecular weight excluding hydrogens is 238 g/mol. The number of ether oxygens (including phenoxy) is 2. The third kappa shape index (κ3) is 3.48. The molecule has 0 aliphatic carbocycles. The maximum absolute atomic E-state index is 5.85. The lowest BCUT2D eigenvalue weighted by Gasteiger charge is -2.18. The van der Waals surface area contributed by atoms with E-state index in [-0.39, 0.29) is 6.04 Å². The highest BCUT2D eigenvalue weighted by Crippen LogP contribution is 2.26. The smallest absolute Gasteiger partial charge is 0.161 e. The minimum atomic E-state index is 0.158. The molecule has 2 aromatic rings. The predicted octanol–water partition coefficient (Wildman–Crippen LogP) is 3.03. The molecule has 0 spiro atoms. The van der Waals surface area contributed by atoms with E-state index in [1.165, 1.54) is 5.56 Å². The van der Waals surface area contributed by atoms with Crippen LogP contribution in [0, 0.1) is 0 Å². The molecule has 0 saturated carbocycles. The van der Waals surface area contributed by atoms with Gasteiger partial charge in [-0.25, -0.2) is 0 Å². The molecule has 1 atom stereocenters. The fourth-order valence-electron chi connectivity index (χ4n) is 1.94. The Morgan fingerprint density at radius 3 is 2.21 bits per heavy atom. The molecule has 0 aliphatic rings. The number of para-hydroxylation sites is 2. The van der Waals surface area contributed by atoms with E-state index in [2.05, 4.69) is 17.4 Å². The maximum atomic E-state index is 5.85. The molecule has 0 saturated heterocycles. The van der Waals surface area contributed by atoms with E-state index in [4.69, 9.17) is 9.47 Å². The van der Waals surface area contributed by atoms with Crippen LogP contribution in [0.4, 0.5) is 0 Å². The van der Waals surface area contributed by atoms with Gasteiger partial charge < -0.3 is 14.8 Å². The number of methoxy groups -OCH3 is 1. The molecule has 100 valence electrons. The van der Waals surface area contributed by atoms with Gasteiger partial charge in [0.1, 0.15) is 6.61 Å². The van der Waals surface area contributed by atoms with Crippen molar-refractivity contribution in [2.75, 3.05) is 20.8 Å². The first-order valence-corrected chi connectivity index (χ1v) is 6.33. The minimum Gasteiger partial charge on any atom is -0.493 e. The van der Waals surface area contributed by atoms with Crippen LogP contribution in [0.5, 0.6) is 11.5 Å². The molecule has 0 aliphatic heterocycles. The van der Waals surface area contributed by atoms with Crippen LogP contribution in [0.3, 0.4) is 0 Å². The highest BCUT2D eigenvalue weighted by atomic mass is 16.5. The Bertz CT molecular complexity index is 499. The van der Waals surface area contributed by atoms with Crippen LogP contribution in [0.2, 0.25) is 0 Å². The third-order valence-electron chi connectivity index (χ3n) is 3.02. The van der Waals surface area contributed by atoms with E-state index in [0.717, 1.165) is 11.5 Å². The Balaban J connectivity index is 2.04. The fourth-order valence-corrected chi connectivity index (χ4v) is 1.94. The molecule has 2 aromatic carbocycles. The number of hydrogen-bond donors (Lipinski definition) is 1. The molecule has 0 bridgehead atoms. The summed E-state index contributed by atoms with van der Waals surface area (Å²) < 4.78 is 11.1. The minimum absolute atomic E-state index is 0.158. The van der Waals surface area contributed by atoms with Gasteiger partial charge in [-0.2, -0.15) is 0 Å². The van der Waals surface area contributed by atoms with E-state index >= 15 is 0 Å². The lowest BCUT2D eigenvalue weighted by molar-refractivity contribution is 0.259. The van der Waals surface area contributed by atoms with Crippen molar-refractivity contribution in [3.63, 3.8) is 0 Å². The standard InChI is InChI=1S/C16H19NO2/c1-17-14(13-8-4-3-5-9-13)12-19-16-11-7-6-10-15(16)18-2/h3-11,14,17H,12H2,1-2H3. The zero-order valence-electron chi connectivity index (χ0n) is 11.3. The first-order valence-electron chi connectivity index (χ1n) is 6.33. The second-order valence-corrected chi connectivity index (χ2v) is 4.21. The first-order chi connectivity index (χ1) is 9.35. The van der Waals surface area contributed by atoms with Crippen molar-refractivity contribution >= 4 is 0 Å². The largest absolute Gasteiger partial charge is 0.493 e. The van der Waals surface area contributed by atoms with Crippen LogP contribution in [-0.4, -0.2) is 20.8 Å². The van der Waals surface area contributed by atoms with E-state index in [0.29, 0.717) is 6.61 Å². The number of hydrogen-bond acceptors (Lipinski definition) is 3. The summed E-state index contributed by atoms with van der Waals surface area (Å²) in [6.45, 7) is 0.556. The Hall–Kier alpha value is -2.00. The van der Waals surface area contributed by atoms with Gasteiger partial charge in [-0.15, -0.1) is 0 Å². The van der Waals surface area contributed by atoms with Crippen LogP contribution in [0.15, 0.2) is 54.6 Å². The van der Waals surface area contributed by atoms with Crippen LogP contribution in [0.25, 0.3) is 0 Å². The van der Waals surface area contributed by atoms with Crippen LogP contribution in [-0.2, 0) is 0 Å². The Kier molecular flexibility index (Phi) is 4.81. The van der Waals surface area contributed by atoms with Gasteiger partial charge in [0.05, 0.1) is 13.2 Å². The van der Waals surface area contributed by atoms with Gasteiger partial charge in [-0.3, -0.25) is 0 Å². The molecule has 0 amide bonds. The SMILES string of the molecule is CNC(COc1ccccc1OC)c1ccccc1. The normalized spacial score (nSPS) is 11.9. The molecule has 0 fully saturated rings. The third-order valence-corrected chi connectivity index (χ3v) is 3.02. The Morgan fingerprint density at radius 1 is 0.947 bits per heavy atom. The topological polar surface area (TPSA) is 30.5 Å². The average Bonchev–Trinajstić information content (AvgIpc) is 2.49. The molecule has 3 nitrogen and oxygen atoms in total. The van der Waals surface area contributed by atoms with Crippen molar-refractivity contribution in [3.05, 3.63) is 60.2 Å². The van der Waals surface area contributed by atoms with Crippen molar-refractivity contribution in [2.45, 2.75) is 6.04 Å². The van der Waals surface area contributed by atoms with Crippen LogP contribution < -0.4 is 14.8 Å². The quantitative estimate of drug-likeness (QED) is 0.862. The first kappa shape index (κ1) is 13.4. The lowest BCUT2D eigenvalue weighted by atomic mass is 10.1. The van der Waals surface area contributed by atoms with Crippen molar-refractivity contribution in [2.24, 2.45) is 0 Å². The Labute approximate surface area is 114 Å². The van der Waals surface area contributed by atoms with Gasteiger partial charge in [0.2, 0.25) is 0 Å². The number of nitrogens with one attached hydrogen (secondary N) is 1. The second kappa shape index (κ2) is 6.81. The summed E-state index contributed by atoms with van der Waals surface area (Å²) in [7, 11) is 3.58. The fraction of sp³-hybridized carbons (Fsp3) is 0.250. The van der Waals surface area contributed by atoms with E-state index in [1.54, 1.807) is 7.11 Å². The van der Waals surface area contributed by atoms with Gasteiger partial charge in [-0.05, 0) is 24.7 Å². The van der Waals surface area contributed by atoms with Crippen LogP contribution in [0.1, 0.15) is 11.6 Å². The van der Waals surface area contributed by atoms with Crippen molar-refractivity contribution < 1.29 is 9.47 Å². The molecule has 3 heteroatoms. The molecule has 1 unspecified atom stereocenters. The molecule has 19 heavy (non-hydrogen) atoms. The summed E-state index contributed by atoms with van der Waals surface area (Å²) in [5.41, 5.74) is 1.21. The molecule has 1 N–H and O–H groups in total.